The summed E-state index contributed by atoms with van der Waals surface area (Å²) in [6.45, 7) is 3.30. The molecule has 1 aromatic carbocycles. The maximum Gasteiger partial charge on any atom is 0.266 e. The molecule has 2 rings (SSSR count). The molecule has 2 aromatic rings. The van der Waals surface area contributed by atoms with Crippen molar-refractivity contribution in [3.8, 4) is 0 Å². The van der Waals surface area contributed by atoms with Gasteiger partial charge in [0.15, 0.2) is 0 Å². The van der Waals surface area contributed by atoms with Gasteiger partial charge in [0.25, 0.3) is 5.56 Å². The molecule has 4 nitrogen and oxygen atoms in total. The van der Waals surface area contributed by atoms with Gasteiger partial charge >= 0.3 is 0 Å². The molecule has 0 aliphatic rings. The standard InChI is InChI=1S/C13H15N3O/c1-11-4-6-12(7-5-11)14-9-10-16-13(17)3-2-8-15-16/h2-8,14H,9-10H2,1H3. The summed E-state index contributed by atoms with van der Waals surface area (Å²) in [6.07, 6.45) is 1.62. The molecule has 0 aliphatic heterocycles. The lowest BCUT2D eigenvalue weighted by molar-refractivity contribution is 0.597. The van der Waals surface area contributed by atoms with Gasteiger partial charge < -0.3 is 5.32 Å². The summed E-state index contributed by atoms with van der Waals surface area (Å²) in [5.74, 6) is 0. The Bertz CT molecular complexity index is 531. The number of anilines is 1. The smallest absolute Gasteiger partial charge is 0.266 e. The van der Waals surface area contributed by atoms with E-state index in [1.807, 2.05) is 12.1 Å². The van der Waals surface area contributed by atoms with Crippen LogP contribution in [0.1, 0.15) is 5.56 Å². The van der Waals surface area contributed by atoms with Crippen molar-refractivity contribution in [3.05, 3.63) is 58.5 Å². The van der Waals surface area contributed by atoms with Crippen LogP contribution in [0.4, 0.5) is 5.69 Å². The molecule has 0 aliphatic carbocycles. The lowest BCUT2D eigenvalue weighted by atomic mass is 10.2. The Morgan fingerprint density at radius 2 is 2.00 bits per heavy atom. The molecule has 1 N–H and O–H groups in total. The van der Waals surface area contributed by atoms with Crippen LogP contribution in [-0.2, 0) is 6.54 Å². The highest BCUT2D eigenvalue weighted by Crippen LogP contribution is 2.07. The second kappa shape index (κ2) is 5.30. The SMILES string of the molecule is Cc1ccc(NCCn2ncccc2=O)cc1. The Hall–Kier alpha value is -2.10. The van der Waals surface area contributed by atoms with Crippen LogP contribution in [0, 0.1) is 6.92 Å². The van der Waals surface area contributed by atoms with Crippen molar-refractivity contribution < 1.29 is 0 Å². The maximum atomic E-state index is 11.4. The molecule has 0 amide bonds. The minimum atomic E-state index is -0.0711. The third kappa shape index (κ3) is 3.17. The molecule has 1 heterocycles. The van der Waals surface area contributed by atoms with Gasteiger partial charge in [-0.1, -0.05) is 17.7 Å². The van der Waals surface area contributed by atoms with Gasteiger partial charge in [0, 0.05) is 24.5 Å². The van der Waals surface area contributed by atoms with Gasteiger partial charge in [0.05, 0.1) is 6.54 Å². The minimum absolute atomic E-state index is 0.0711. The minimum Gasteiger partial charge on any atom is -0.383 e. The van der Waals surface area contributed by atoms with Gasteiger partial charge in [0.1, 0.15) is 0 Å². The lowest BCUT2D eigenvalue weighted by Gasteiger charge is -2.07. The first kappa shape index (κ1) is 11.4. The van der Waals surface area contributed by atoms with Crippen molar-refractivity contribution in [1.29, 1.82) is 0 Å². The largest absolute Gasteiger partial charge is 0.383 e. The lowest BCUT2D eigenvalue weighted by Crippen LogP contribution is -2.24. The predicted octanol–water partition coefficient (Wildman–Crippen LogP) is 1.66. The molecule has 0 unspecified atom stereocenters. The zero-order chi connectivity index (χ0) is 12.1. The summed E-state index contributed by atoms with van der Waals surface area (Å²) >= 11 is 0. The zero-order valence-electron chi connectivity index (χ0n) is 9.76. The van der Waals surface area contributed by atoms with E-state index >= 15 is 0 Å². The number of rotatable bonds is 4. The van der Waals surface area contributed by atoms with Crippen molar-refractivity contribution in [2.45, 2.75) is 13.5 Å². The first-order chi connectivity index (χ1) is 8.25. The average Bonchev–Trinajstić information content (AvgIpc) is 2.34. The Morgan fingerprint density at radius 3 is 2.71 bits per heavy atom. The van der Waals surface area contributed by atoms with Crippen LogP contribution in [0.3, 0.4) is 0 Å². The second-order valence-corrected chi connectivity index (χ2v) is 3.88. The van der Waals surface area contributed by atoms with Crippen LogP contribution in [0.25, 0.3) is 0 Å². The molecule has 17 heavy (non-hydrogen) atoms. The summed E-state index contributed by atoms with van der Waals surface area (Å²) in [6, 6.07) is 11.3. The van der Waals surface area contributed by atoms with Crippen molar-refractivity contribution >= 4 is 5.69 Å². The van der Waals surface area contributed by atoms with E-state index in [9.17, 15) is 4.79 Å². The third-order valence-electron chi connectivity index (χ3n) is 2.49. The van der Waals surface area contributed by atoms with Gasteiger partial charge in [-0.05, 0) is 25.1 Å². The number of hydrogen-bond donors (Lipinski definition) is 1. The fourth-order valence-corrected chi connectivity index (χ4v) is 1.53. The molecule has 0 saturated carbocycles. The fourth-order valence-electron chi connectivity index (χ4n) is 1.53. The van der Waals surface area contributed by atoms with Crippen LogP contribution in [0.15, 0.2) is 47.4 Å². The molecule has 0 saturated heterocycles. The first-order valence-electron chi connectivity index (χ1n) is 5.58. The van der Waals surface area contributed by atoms with Crippen LogP contribution in [0.2, 0.25) is 0 Å². The topological polar surface area (TPSA) is 46.9 Å². The maximum absolute atomic E-state index is 11.4. The van der Waals surface area contributed by atoms with Gasteiger partial charge in [-0.3, -0.25) is 4.79 Å². The van der Waals surface area contributed by atoms with Gasteiger partial charge in [-0.2, -0.15) is 5.10 Å². The Kier molecular flexibility index (Phi) is 3.55. The van der Waals surface area contributed by atoms with Gasteiger partial charge in [-0.15, -0.1) is 0 Å². The third-order valence-corrected chi connectivity index (χ3v) is 2.49. The van der Waals surface area contributed by atoms with Crippen molar-refractivity contribution in [3.63, 3.8) is 0 Å². The molecule has 4 heteroatoms. The summed E-state index contributed by atoms with van der Waals surface area (Å²) in [4.78, 5) is 11.4. The molecule has 0 fully saturated rings. The molecule has 0 spiro atoms. The van der Waals surface area contributed by atoms with Crippen molar-refractivity contribution in [1.82, 2.24) is 9.78 Å². The molecular weight excluding hydrogens is 214 g/mol. The molecule has 0 bridgehead atoms. The highest BCUT2D eigenvalue weighted by molar-refractivity contribution is 5.44. The number of nitrogens with zero attached hydrogens (tertiary/aromatic N) is 2. The van der Waals surface area contributed by atoms with Crippen LogP contribution in [0.5, 0.6) is 0 Å². The van der Waals surface area contributed by atoms with E-state index in [2.05, 4.69) is 29.5 Å². The number of aryl methyl sites for hydroxylation is 1. The molecule has 0 radical (unpaired) electrons. The molecule has 1 aromatic heterocycles. The molecule has 0 atom stereocenters. The molecular formula is C13H15N3O. The summed E-state index contributed by atoms with van der Waals surface area (Å²) < 4.78 is 1.45. The normalized spacial score (nSPS) is 10.2. The van der Waals surface area contributed by atoms with E-state index in [1.165, 1.54) is 16.3 Å². The monoisotopic (exact) mass is 229 g/mol. The number of benzene rings is 1. The number of nitrogens with one attached hydrogen (secondary N) is 1. The van der Waals surface area contributed by atoms with Gasteiger partial charge in [-0.25, -0.2) is 4.68 Å². The number of aromatic nitrogens is 2. The van der Waals surface area contributed by atoms with Crippen molar-refractivity contribution in [2.24, 2.45) is 0 Å². The van der Waals surface area contributed by atoms with E-state index < -0.39 is 0 Å². The average molecular weight is 229 g/mol. The van der Waals surface area contributed by atoms with Crippen LogP contribution < -0.4 is 10.9 Å². The first-order valence-corrected chi connectivity index (χ1v) is 5.58. The predicted molar refractivity (Wildman–Crippen MR) is 68.2 cm³/mol. The second-order valence-electron chi connectivity index (χ2n) is 3.88. The Morgan fingerprint density at radius 1 is 1.24 bits per heavy atom. The van der Waals surface area contributed by atoms with Crippen LogP contribution >= 0.6 is 0 Å². The van der Waals surface area contributed by atoms with E-state index in [0.29, 0.717) is 13.1 Å². The Balaban J connectivity index is 1.90. The summed E-state index contributed by atoms with van der Waals surface area (Å²) in [5, 5.41) is 7.24. The van der Waals surface area contributed by atoms with Crippen molar-refractivity contribution in [2.75, 3.05) is 11.9 Å². The van der Waals surface area contributed by atoms with Crippen LogP contribution in [-0.4, -0.2) is 16.3 Å². The van der Waals surface area contributed by atoms with E-state index in [4.69, 9.17) is 0 Å². The molecule has 88 valence electrons. The summed E-state index contributed by atoms with van der Waals surface area (Å²) in [7, 11) is 0. The van der Waals surface area contributed by atoms with E-state index in [-0.39, 0.29) is 5.56 Å². The quantitative estimate of drug-likeness (QED) is 0.867. The highest BCUT2D eigenvalue weighted by Gasteiger charge is 1.95. The fraction of sp³-hybridized carbons (Fsp3) is 0.231. The highest BCUT2D eigenvalue weighted by atomic mass is 16.1. The number of hydrogen-bond acceptors (Lipinski definition) is 3. The zero-order valence-corrected chi connectivity index (χ0v) is 9.76. The van der Waals surface area contributed by atoms with Gasteiger partial charge in [0.2, 0.25) is 0 Å². The summed E-state index contributed by atoms with van der Waals surface area (Å²) in [5.41, 5.74) is 2.22. The van der Waals surface area contributed by atoms with E-state index in [1.54, 1.807) is 12.3 Å². The Labute approximate surface area is 99.9 Å². The van der Waals surface area contributed by atoms with E-state index in [0.717, 1.165) is 5.69 Å².